The molecule has 0 aliphatic carbocycles. The van der Waals surface area contributed by atoms with E-state index in [4.69, 9.17) is 0 Å². The molecule has 0 bridgehead atoms. The number of para-hydroxylation sites is 1. The van der Waals surface area contributed by atoms with Crippen LogP contribution in [0.2, 0.25) is 0 Å². The molecule has 1 aliphatic rings. The lowest BCUT2D eigenvalue weighted by atomic mass is 9.61. The summed E-state index contributed by atoms with van der Waals surface area (Å²) in [5.41, 5.74) is 5.54. The molecule has 1 aromatic heterocycles. The Morgan fingerprint density at radius 2 is 1.68 bits per heavy atom. The van der Waals surface area contributed by atoms with Crippen LogP contribution in [-0.4, -0.2) is 14.7 Å². The van der Waals surface area contributed by atoms with Crippen LogP contribution in [0.25, 0.3) is 16.7 Å². The van der Waals surface area contributed by atoms with Gasteiger partial charge in [-0.3, -0.25) is 4.57 Å². The van der Waals surface area contributed by atoms with Crippen LogP contribution in [0, 0.1) is 0 Å². The molecule has 0 spiro atoms. The fraction of sp³-hybridized carbons (Fsp3) is 0.316. The van der Waals surface area contributed by atoms with E-state index in [9.17, 15) is 5.11 Å². The molecule has 3 nitrogen and oxygen atoms in total. The molecule has 1 aliphatic heterocycles. The molecule has 3 heteroatoms. The van der Waals surface area contributed by atoms with Gasteiger partial charge in [0.25, 0.3) is 0 Å². The number of rotatable bonds is 0. The smallest absolute Gasteiger partial charge is 0.117 e. The van der Waals surface area contributed by atoms with Crippen LogP contribution in [0.4, 0.5) is 0 Å². The van der Waals surface area contributed by atoms with Gasteiger partial charge in [0.1, 0.15) is 12.1 Å². The highest BCUT2D eigenvalue weighted by Gasteiger charge is 2.44. The second kappa shape index (κ2) is 3.92. The van der Waals surface area contributed by atoms with Crippen molar-refractivity contribution in [1.29, 1.82) is 0 Å². The third kappa shape index (κ3) is 1.43. The number of nitrogens with zero attached hydrogens (tertiary/aromatic N) is 2. The number of benzene rings is 2. The highest BCUT2D eigenvalue weighted by atomic mass is 16.3. The Hall–Kier alpha value is -2.29. The fourth-order valence-electron chi connectivity index (χ4n) is 3.67. The number of fused-ring (bicyclic) bond motifs is 2. The predicted octanol–water partition coefficient (Wildman–Crippen LogP) is 4.30. The minimum atomic E-state index is -0.0800. The Morgan fingerprint density at radius 1 is 0.955 bits per heavy atom. The largest absolute Gasteiger partial charge is 0.508 e. The molecule has 0 saturated heterocycles. The standard InChI is InChI=1S/C19H20N2O/c1-18(2)13-9-8-12(22)10-16(13)21-11-20-15-7-5-6-14(17(15)21)19(18,3)4/h5-11,22H,1-4H3. The minimum absolute atomic E-state index is 0.0630. The van der Waals surface area contributed by atoms with Crippen molar-refractivity contribution < 1.29 is 5.11 Å². The van der Waals surface area contributed by atoms with Crippen LogP contribution >= 0.6 is 0 Å². The summed E-state index contributed by atoms with van der Waals surface area (Å²) in [5.74, 6) is 0.286. The molecular formula is C19H20N2O. The molecule has 0 saturated carbocycles. The van der Waals surface area contributed by atoms with E-state index in [1.54, 1.807) is 6.07 Å². The third-order valence-corrected chi connectivity index (χ3v) is 5.72. The molecule has 0 unspecified atom stereocenters. The van der Waals surface area contributed by atoms with E-state index in [1.165, 1.54) is 11.1 Å². The van der Waals surface area contributed by atoms with Crippen molar-refractivity contribution in [1.82, 2.24) is 9.55 Å². The van der Waals surface area contributed by atoms with Gasteiger partial charge < -0.3 is 5.11 Å². The Labute approximate surface area is 130 Å². The summed E-state index contributed by atoms with van der Waals surface area (Å²) in [6.45, 7) is 9.14. The Bertz CT molecular complexity index is 903. The maximum atomic E-state index is 9.99. The maximum Gasteiger partial charge on any atom is 0.117 e. The molecule has 4 rings (SSSR count). The lowest BCUT2D eigenvalue weighted by molar-refractivity contribution is 0.307. The summed E-state index contributed by atoms with van der Waals surface area (Å²) < 4.78 is 2.12. The van der Waals surface area contributed by atoms with E-state index in [1.807, 2.05) is 24.5 Å². The molecule has 0 atom stereocenters. The molecule has 2 heterocycles. The second-order valence-corrected chi connectivity index (χ2v) is 7.24. The average molecular weight is 292 g/mol. The first-order valence-electron chi connectivity index (χ1n) is 7.64. The van der Waals surface area contributed by atoms with Crippen LogP contribution in [0.3, 0.4) is 0 Å². The van der Waals surface area contributed by atoms with Gasteiger partial charge in [0.05, 0.1) is 16.7 Å². The van der Waals surface area contributed by atoms with E-state index in [-0.39, 0.29) is 16.6 Å². The summed E-state index contributed by atoms with van der Waals surface area (Å²) >= 11 is 0. The number of phenols is 1. The number of imidazole rings is 1. The zero-order valence-corrected chi connectivity index (χ0v) is 13.4. The summed E-state index contributed by atoms with van der Waals surface area (Å²) in [5, 5.41) is 9.99. The summed E-state index contributed by atoms with van der Waals surface area (Å²) in [6, 6.07) is 12.0. The van der Waals surface area contributed by atoms with Crippen molar-refractivity contribution in [2.24, 2.45) is 0 Å². The summed E-state index contributed by atoms with van der Waals surface area (Å²) in [6.07, 6.45) is 1.86. The van der Waals surface area contributed by atoms with Gasteiger partial charge in [-0.15, -0.1) is 0 Å². The van der Waals surface area contributed by atoms with Gasteiger partial charge in [-0.25, -0.2) is 4.98 Å². The average Bonchev–Trinajstić information content (AvgIpc) is 2.87. The molecule has 1 N–H and O–H groups in total. The van der Waals surface area contributed by atoms with E-state index >= 15 is 0 Å². The van der Waals surface area contributed by atoms with Gasteiger partial charge in [0.15, 0.2) is 0 Å². The molecular weight excluding hydrogens is 272 g/mol. The number of aromatic nitrogens is 2. The van der Waals surface area contributed by atoms with Crippen LogP contribution in [0.1, 0.15) is 38.8 Å². The third-order valence-electron chi connectivity index (χ3n) is 5.72. The fourth-order valence-corrected chi connectivity index (χ4v) is 3.67. The first kappa shape index (κ1) is 13.4. The number of hydrogen-bond donors (Lipinski definition) is 1. The van der Waals surface area contributed by atoms with Gasteiger partial charge in [-0.2, -0.15) is 0 Å². The van der Waals surface area contributed by atoms with Crippen molar-refractivity contribution in [3.8, 4) is 11.4 Å². The van der Waals surface area contributed by atoms with Crippen molar-refractivity contribution in [2.75, 3.05) is 0 Å². The van der Waals surface area contributed by atoms with Crippen molar-refractivity contribution in [3.63, 3.8) is 0 Å². The van der Waals surface area contributed by atoms with Gasteiger partial charge in [0.2, 0.25) is 0 Å². The van der Waals surface area contributed by atoms with E-state index < -0.39 is 0 Å². The second-order valence-electron chi connectivity index (χ2n) is 7.24. The summed E-state index contributed by atoms with van der Waals surface area (Å²) in [7, 11) is 0. The van der Waals surface area contributed by atoms with Gasteiger partial charge in [-0.05, 0) is 23.3 Å². The normalized spacial score (nSPS) is 18.0. The Morgan fingerprint density at radius 3 is 2.45 bits per heavy atom. The van der Waals surface area contributed by atoms with Crippen molar-refractivity contribution in [3.05, 3.63) is 53.9 Å². The minimum Gasteiger partial charge on any atom is -0.508 e. The highest BCUT2D eigenvalue weighted by Crippen LogP contribution is 2.50. The van der Waals surface area contributed by atoms with Gasteiger partial charge in [-0.1, -0.05) is 45.9 Å². The Balaban J connectivity index is 2.25. The van der Waals surface area contributed by atoms with Gasteiger partial charge in [0, 0.05) is 16.9 Å². The first-order valence-corrected chi connectivity index (χ1v) is 7.64. The number of aromatic hydroxyl groups is 1. The van der Waals surface area contributed by atoms with Crippen LogP contribution in [0.5, 0.6) is 5.75 Å². The lowest BCUT2D eigenvalue weighted by Crippen LogP contribution is -2.40. The quantitative estimate of drug-likeness (QED) is 0.671. The molecule has 3 aromatic rings. The van der Waals surface area contributed by atoms with E-state index in [0.29, 0.717) is 0 Å². The lowest BCUT2D eigenvalue weighted by Gasteiger charge is -2.42. The van der Waals surface area contributed by atoms with Crippen molar-refractivity contribution in [2.45, 2.75) is 38.5 Å². The van der Waals surface area contributed by atoms with Gasteiger partial charge >= 0.3 is 0 Å². The van der Waals surface area contributed by atoms with Crippen molar-refractivity contribution >= 4 is 11.0 Å². The zero-order chi connectivity index (χ0) is 15.7. The first-order chi connectivity index (χ1) is 10.3. The zero-order valence-electron chi connectivity index (χ0n) is 13.4. The molecule has 0 amide bonds. The number of phenolic OH excluding ortho intramolecular Hbond substituents is 1. The molecule has 0 radical (unpaired) electrons. The monoisotopic (exact) mass is 292 g/mol. The van der Waals surface area contributed by atoms with Crippen LogP contribution in [-0.2, 0) is 10.8 Å². The highest BCUT2D eigenvalue weighted by molar-refractivity contribution is 5.84. The molecule has 22 heavy (non-hydrogen) atoms. The van der Waals surface area contributed by atoms with Crippen LogP contribution in [0.15, 0.2) is 42.7 Å². The summed E-state index contributed by atoms with van der Waals surface area (Å²) in [4.78, 5) is 4.56. The Kier molecular flexibility index (Phi) is 2.38. The molecule has 112 valence electrons. The SMILES string of the molecule is CC1(C)c2ccc(O)cc2-n2cnc3cccc(c32)C1(C)C. The molecule has 2 aromatic carbocycles. The van der Waals surface area contributed by atoms with Crippen LogP contribution < -0.4 is 0 Å². The maximum absolute atomic E-state index is 9.99. The predicted molar refractivity (Wildman–Crippen MR) is 88.8 cm³/mol. The topological polar surface area (TPSA) is 38.0 Å². The van der Waals surface area contributed by atoms with E-state index in [2.05, 4.69) is 49.4 Å². The van der Waals surface area contributed by atoms with E-state index in [0.717, 1.165) is 16.7 Å². The molecule has 0 fully saturated rings. The number of hydrogen-bond acceptors (Lipinski definition) is 2.